The van der Waals surface area contributed by atoms with Gasteiger partial charge in [-0.15, -0.1) is 24.0 Å². The highest BCUT2D eigenvalue weighted by Crippen LogP contribution is 2.33. The normalized spacial score (nSPS) is 24.3. The van der Waals surface area contributed by atoms with Gasteiger partial charge in [0.25, 0.3) is 0 Å². The SMILES string of the molecule is CCN1CCN(C(C)CNC(=NC)NCC2CCCOC2c2ccc(C)cc2)CC1.I. The summed E-state index contributed by atoms with van der Waals surface area (Å²) in [4.78, 5) is 9.55. The quantitative estimate of drug-likeness (QED) is 0.314. The highest BCUT2D eigenvalue weighted by molar-refractivity contribution is 14.0. The number of hydrogen-bond acceptors (Lipinski definition) is 4. The number of nitrogens with zero attached hydrogens (tertiary/aromatic N) is 3. The third-order valence-electron chi connectivity index (χ3n) is 6.65. The Morgan fingerprint density at radius 2 is 1.87 bits per heavy atom. The van der Waals surface area contributed by atoms with Crippen LogP contribution in [0.5, 0.6) is 0 Å². The minimum atomic E-state index is 0. The van der Waals surface area contributed by atoms with E-state index in [1.54, 1.807) is 0 Å². The zero-order chi connectivity index (χ0) is 21.3. The summed E-state index contributed by atoms with van der Waals surface area (Å²) in [6.07, 6.45) is 2.47. The van der Waals surface area contributed by atoms with Gasteiger partial charge in [-0.25, -0.2) is 0 Å². The fourth-order valence-electron chi connectivity index (χ4n) is 4.52. The lowest BCUT2D eigenvalue weighted by atomic mass is 9.89. The van der Waals surface area contributed by atoms with Gasteiger partial charge >= 0.3 is 0 Å². The Hall–Kier alpha value is -0.900. The summed E-state index contributed by atoms with van der Waals surface area (Å²) in [5.41, 5.74) is 2.58. The number of likely N-dealkylation sites (N-methyl/N-ethyl adjacent to an activating group) is 1. The molecule has 7 heteroatoms. The smallest absolute Gasteiger partial charge is 0.191 e. The molecule has 2 fully saturated rings. The molecule has 1 aromatic rings. The average Bonchev–Trinajstić information content (AvgIpc) is 2.80. The van der Waals surface area contributed by atoms with Gasteiger partial charge < -0.3 is 20.3 Å². The van der Waals surface area contributed by atoms with E-state index in [0.717, 1.165) is 51.7 Å². The standard InChI is InChI=1S/C24H41N5O.HI/c1-5-28-12-14-29(15-13-28)20(3)17-26-24(25-4)27-18-22-7-6-16-30-23(22)21-10-8-19(2)9-11-21;/h8-11,20,22-23H,5-7,12-18H2,1-4H3,(H2,25,26,27);1H. The summed E-state index contributed by atoms with van der Waals surface area (Å²) >= 11 is 0. The van der Waals surface area contributed by atoms with Crippen LogP contribution in [-0.4, -0.2) is 81.3 Å². The van der Waals surface area contributed by atoms with Crippen LogP contribution in [0.1, 0.15) is 43.9 Å². The molecule has 6 nitrogen and oxygen atoms in total. The number of benzene rings is 1. The van der Waals surface area contributed by atoms with Crippen molar-refractivity contribution in [2.24, 2.45) is 10.9 Å². The maximum atomic E-state index is 6.17. The van der Waals surface area contributed by atoms with Crippen LogP contribution in [0.25, 0.3) is 0 Å². The van der Waals surface area contributed by atoms with Crippen LogP contribution in [0.3, 0.4) is 0 Å². The number of halogens is 1. The number of piperazine rings is 1. The molecule has 2 heterocycles. The molecule has 176 valence electrons. The van der Waals surface area contributed by atoms with Crippen molar-refractivity contribution in [1.82, 2.24) is 20.4 Å². The molecule has 2 aliphatic heterocycles. The minimum absolute atomic E-state index is 0. The van der Waals surface area contributed by atoms with E-state index in [0.29, 0.717) is 12.0 Å². The molecular formula is C24H42IN5O. The van der Waals surface area contributed by atoms with E-state index in [2.05, 4.69) is 70.5 Å². The molecule has 1 aromatic carbocycles. The van der Waals surface area contributed by atoms with Gasteiger partial charge in [0, 0.05) is 64.9 Å². The second kappa shape index (κ2) is 13.6. The molecule has 3 unspecified atom stereocenters. The van der Waals surface area contributed by atoms with E-state index in [1.165, 1.54) is 30.6 Å². The Bertz CT molecular complexity index is 660. The van der Waals surface area contributed by atoms with Gasteiger partial charge in [0.2, 0.25) is 0 Å². The van der Waals surface area contributed by atoms with Gasteiger partial charge in [-0.2, -0.15) is 0 Å². The van der Waals surface area contributed by atoms with Gasteiger partial charge in [-0.3, -0.25) is 9.89 Å². The predicted molar refractivity (Wildman–Crippen MR) is 141 cm³/mol. The zero-order valence-corrected chi connectivity index (χ0v) is 22.1. The maximum absolute atomic E-state index is 6.17. The second-order valence-electron chi connectivity index (χ2n) is 8.76. The van der Waals surface area contributed by atoms with Crippen LogP contribution in [0, 0.1) is 12.8 Å². The molecule has 0 aromatic heterocycles. The molecule has 2 saturated heterocycles. The molecule has 0 radical (unpaired) electrons. The monoisotopic (exact) mass is 543 g/mol. The Morgan fingerprint density at radius 1 is 1.16 bits per heavy atom. The van der Waals surface area contributed by atoms with Crippen LogP contribution < -0.4 is 10.6 Å². The second-order valence-corrected chi connectivity index (χ2v) is 8.76. The molecule has 2 N–H and O–H groups in total. The minimum Gasteiger partial charge on any atom is -0.373 e. The van der Waals surface area contributed by atoms with Crippen LogP contribution in [0.15, 0.2) is 29.3 Å². The summed E-state index contributed by atoms with van der Waals surface area (Å²) in [5.74, 6) is 1.35. The summed E-state index contributed by atoms with van der Waals surface area (Å²) < 4.78 is 6.17. The number of rotatable bonds is 7. The van der Waals surface area contributed by atoms with Crippen molar-refractivity contribution in [1.29, 1.82) is 0 Å². The van der Waals surface area contributed by atoms with Crippen molar-refractivity contribution < 1.29 is 4.74 Å². The van der Waals surface area contributed by atoms with Crippen molar-refractivity contribution in [3.05, 3.63) is 35.4 Å². The first-order valence-corrected chi connectivity index (χ1v) is 11.7. The topological polar surface area (TPSA) is 52.1 Å². The number of hydrogen-bond donors (Lipinski definition) is 2. The van der Waals surface area contributed by atoms with Gasteiger partial charge in [0.15, 0.2) is 5.96 Å². The first-order valence-electron chi connectivity index (χ1n) is 11.7. The van der Waals surface area contributed by atoms with E-state index in [1.807, 2.05) is 7.05 Å². The first kappa shape index (κ1) is 26.4. The van der Waals surface area contributed by atoms with E-state index in [-0.39, 0.29) is 30.1 Å². The molecule has 31 heavy (non-hydrogen) atoms. The Morgan fingerprint density at radius 3 is 2.52 bits per heavy atom. The van der Waals surface area contributed by atoms with E-state index in [9.17, 15) is 0 Å². The molecule has 0 aliphatic carbocycles. The predicted octanol–water partition coefficient (Wildman–Crippen LogP) is 3.27. The molecule has 2 aliphatic rings. The largest absolute Gasteiger partial charge is 0.373 e. The zero-order valence-electron chi connectivity index (χ0n) is 19.8. The van der Waals surface area contributed by atoms with Gasteiger partial charge in [0.05, 0.1) is 6.10 Å². The lowest BCUT2D eigenvalue weighted by molar-refractivity contribution is -0.0265. The van der Waals surface area contributed by atoms with Crippen molar-refractivity contribution in [3.63, 3.8) is 0 Å². The van der Waals surface area contributed by atoms with Crippen molar-refractivity contribution in [2.75, 3.05) is 59.5 Å². The Balaban J connectivity index is 0.00000341. The van der Waals surface area contributed by atoms with Crippen molar-refractivity contribution in [2.45, 2.75) is 45.8 Å². The van der Waals surface area contributed by atoms with Crippen LogP contribution in [0.4, 0.5) is 0 Å². The average molecular weight is 544 g/mol. The van der Waals surface area contributed by atoms with Gasteiger partial charge in [-0.05, 0) is 38.8 Å². The lowest BCUT2D eigenvalue weighted by Gasteiger charge is -2.38. The highest BCUT2D eigenvalue weighted by Gasteiger charge is 2.27. The van der Waals surface area contributed by atoms with Crippen molar-refractivity contribution in [3.8, 4) is 0 Å². The summed E-state index contributed by atoms with van der Waals surface area (Å²) in [5, 5.41) is 7.09. The van der Waals surface area contributed by atoms with Crippen molar-refractivity contribution >= 4 is 29.9 Å². The molecule has 3 atom stereocenters. The highest BCUT2D eigenvalue weighted by atomic mass is 127. The molecule has 0 spiro atoms. The summed E-state index contributed by atoms with van der Waals surface area (Å²) in [7, 11) is 1.86. The third kappa shape index (κ3) is 7.87. The van der Waals surface area contributed by atoms with Crippen LogP contribution >= 0.6 is 24.0 Å². The molecule has 0 saturated carbocycles. The third-order valence-corrected chi connectivity index (χ3v) is 6.65. The molecule has 0 bridgehead atoms. The summed E-state index contributed by atoms with van der Waals surface area (Å²) in [6.45, 7) is 15.1. The fraction of sp³-hybridized carbons (Fsp3) is 0.708. The van der Waals surface area contributed by atoms with E-state index in [4.69, 9.17) is 4.74 Å². The number of ether oxygens (including phenoxy) is 1. The number of aliphatic imine (C=N–C) groups is 1. The Kier molecular flexibility index (Phi) is 11.6. The van der Waals surface area contributed by atoms with Crippen LogP contribution in [0.2, 0.25) is 0 Å². The van der Waals surface area contributed by atoms with E-state index >= 15 is 0 Å². The van der Waals surface area contributed by atoms with Gasteiger partial charge in [-0.1, -0.05) is 36.8 Å². The van der Waals surface area contributed by atoms with Crippen LogP contribution in [-0.2, 0) is 4.74 Å². The lowest BCUT2D eigenvalue weighted by Crippen LogP contribution is -2.53. The molecule has 0 amide bonds. The number of guanidine groups is 1. The fourth-order valence-corrected chi connectivity index (χ4v) is 4.52. The first-order chi connectivity index (χ1) is 14.6. The Labute approximate surface area is 206 Å². The molecule has 3 rings (SSSR count). The maximum Gasteiger partial charge on any atom is 0.191 e. The molecular weight excluding hydrogens is 501 g/mol. The summed E-state index contributed by atoms with van der Waals surface area (Å²) in [6, 6.07) is 9.29. The van der Waals surface area contributed by atoms with Gasteiger partial charge in [0.1, 0.15) is 0 Å². The number of nitrogens with one attached hydrogen (secondary N) is 2. The number of aryl methyl sites for hydroxylation is 1. The van der Waals surface area contributed by atoms with E-state index < -0.39 is 0 Å².